The zero-order valence-electron chi connectivity index (χ0n) is 19.8. The van der Waals surface area contributed by atoms with Gasteiger partial charge in [-0.2, -0.15) is 0 Å². The summed E-state index contributed by atoms with van der Waals surface area (Å²) in [6, 6.07) is 0. The molecular weight excluding hydrogens is 400 g/mol. The maximum atomic E-state index is 9.90. The van der Waals surface area contributed by atoms with E-state index in [-0.39, 0.29) is 0 Å². The van der Waals surface area contributed by atoms with Gasteiger partial charge in [-0.1, -0.05) is 13.8 Å². The molecule has 0 bridgehead atoms. The van der Waals surface area contributed by atoms with Crippen molar-refractivity contribution < 1.29 is 32.2 Å². The molecule has 0 aromatic heterocycles. The van der Waals surface area contributed by atoms with Crippen LogP contribution in [0.5, 0.6) is 0 Å². The zero-order chi connectivity index (χ0) is 21.5. The van der Waals surface area contributed by atoms with Crippen LogP contribution in [0.2, 0.25) is 0 Å². The molecule has 29 heavy (non-hydrogen) atoms. The summed E-state index contributed by atoms with van der Waals surface area (Å²) in [5.74, 6) is 0. The van der Waals surface area contributed by atoms with Crippen molar-refractivity contribution in [3.8, 4) is 0 Å². The van der Waals surface area contributed by atoms with Crippen molar-refractivity contribution in [3.63, 3.8) is 0 Å². The Morgan fingerprint density at radius 2 is 0.655 bits per heavy atom. The fraction of sp³-hybridized carbons (Fsp3) is 1.00. The van der Waals surface area contributed by atoms with Crippen LogP contribution in [0.25, 0.3) is 0 Å². The molecular formula is C24H52O4Ti. The molecule has 5 heteroatoms. The second kappa shape index (κ2) is 23.2. The Balaban J connectivity index is 3.30. The van der Waals surface area contributed by atoms with E-state index in [1.165, 1.54) is 103 Å². The second-order valence-electron chi connectivity index (χ2n) is 8.61. The van der Waals surface area contributed by atoms with Gasteiger partial charge in [-0.3, -0.25) is 0 Å². The Kier molecular flexibility index (Phi) is 23.7. The van der Waals surface area contributed by atoms with Crippen LogP contribution >= 0.6 is 0 Å². The summed E-state index contributed by atoms with van der Waals surface area (Å²) >= 11 is -4.41. The van der Waals surface area contributed by atoms with Crippen LogP contribution in [0.15, 0.2) is 0 Å². The van der Waals surface area contributed by atoms with Gasteiger partial charge in [-0.05, 0) is 0 Å². The van der Waals surface area contributed by atoms with Gasteiger partial charge >= 0.3 is 174 Å². The van der Waals surface area contributed by atoms with Crippen LogP contribution in [0.3, 0.4) is 0 Å². The van der Waals surface area contributed by atoms with Crippen molar-refractivity contribution in [1.29, 1.82) is 0 Å². The predicted octanol–water partition coefficient (Wildman–Crippen LogP) is 7.66. The number of hydrogen-bond donors (Lipinski definition) is 2. The van der Waals surface area contributed by atoms with Crippen LogP contribution in [0.1, 0.15) is 142 Å². The van der Waals surface area contributed by atoms with Crippen LogP contribution in [-0.4, -0.2) is 20.6 Å². The fourth-order valence-corrected chi connectivity index (χ4v) is 5.04. The molecule has 0 fully saturated rings. The summed E-state index contributed by atoms with van der Waals surface area (Å²) < 4.78 is 30.3. The van der Waals surface area contributed by atoms with E-state index in [4.69, 9.17) is 6.64 Å². The number of unbranched alkanes of at least 4 members (excludes halogenated alkanes) is 18. The number of hydrogen-bond acceptors (Lipinski definition) is 4. The third-order valence-electron chi connectivity index (χ3n) is 5.58. The van der Waals surface area contributed by atoms with Crippen LogP contribution in [-0.2, 0) is 24.8 Å². The van der Waals surface area contributed by atoms with Gasteiger partial charge in [0.2, 0.25) is 0 Å². The van der Waals surface area contributed by atoms with Gasteiger partial charge in [-0.25, -0.2) is 0 Å². The minimum atomic E-state index is -4.41. The standard InChI is InChI=1S/2C12H25O.2H2O.Ti/c2*1-2-3-4-5-6-7-8-9-10-11-12-13;;;/h2*2-12H2,1H3;2*1H2;/q2*-1;;;+4/p-2. The van der Waals surface area contributed by atoms with Gasteiger partial charge < -0.3 is 0 Å². The first-order chi connectivity index (χ1) is 14.1. The average molecular weight is 453 g/mol. The van der Waals surface area contributed by atoms with Crippen LogP contribution < -0.4 is 0 Å². The van der Waals surface area contributed by atoms with Crippen molar-refractivity contribution in [3.05, 3.63) is 0 Å². The molecule has 0 atom stereocenters. The Morgan fingerprint density at radius 1 is 0.414 bits per heavy atom. The van der Waals surface area contributed by atoms with Gasteiger partial charge in [0, 0.05) is 0 Å². The molecule has 176 valence electrons. The SMILES string of the molecule is CCCCCCCCCCCC[O][Ti]([OH])([OH])[O]CCCCCCCCCCCC. The van der Waals surface area contributed by atoms with Crippen molar-refractivity contribution in [2.75, 3.05) is 13.2 Å². The molecule has 0 radical (unpaired) electrons. The molecule has 0 amide bonds. The Hall–Kier alpha value is 0.554. The Bertz CT molecular complexity index is 285. The molecule has 0 aromatic rings. The van der Waals surface area contributed by atoms with Gasteiger partial charge in [0.25, 0.3) is 0 Å². The molecule has 4 nitrogen and oxygen atoms in total. The molecule has 0 heterocycles. The van der Waals surface area contributed by atoms with E-state index < -0.39 is 18.1 Å². The predicted molar refractivity (Wildman–Crippen MR) is 120 cm³/mol. The third kappa shape index (κ3) is 24.7. The van der Waals surface area contributed by atoms with Crippen molar-refractivity contribution in [1.82, 2.24) is 0 Å². The molecule has 0 rings (SSSR count). The van der Waals surface area contributed by atoms with E-state index in [0.717, 1.165) is 25.7 Å². The molecule has 0 aliphatic heterocycles. The van der Waals surface area contributed by atoms with Gasteiger partial charge in [0.15, 0.2) is 0 Å². The molecule has 0 aliphatic carbocycles. The molecule has 0 spiro atoms. The van der Waals surface area contributed by atoms with Crippen LogP contribution in [0, 0.1) is 0 Å². The maximum absolute atomic E-state index is 9.90. The molecule has 0 aliphatic rings. The van der Waals surface area contributed by atoms with E-state index in [2.05, 4.69) is 13.8 Å². The summed E-state index contributed by atoms with van der Waals surface area (Å²) in [7, 11) is 0. The topological polar surface area (TPSA) is 58.9 Å². The first-order valence-corrected chi connectivity index (χ1v) is 15.5. The van der Waals surface area contributed by atoms with E-state index >= 15 is 0 Å². The first kappa shape index (κ1) is 29.6. The summed E-state index contributed by atoms with van der Waals surface area (Å²) in [6.45, 7) is 5.34. The molecule has 2 N–H and O–H groups in total. The summed E-state index contributed by atoms with van der Waals surface area (Å²) in [5.41, 5.74) is 0. The quantitative estimate of drug-likeness (QED) is 0.117. The number of rotatable bonds is 24. The minimum absolute atomic E-state index is 0.418. The second-order valence-corrected chi connectivity index (χ2v) is 11.2. The molecule has 0 saturated heterocycles. The summed E-state index contributed by atoms with van der Waals surface area (Å²) in [4.78, 5) is 0. The minimum Gasteiger partial charge on any atom is -0.0654 e. The van der Waals surface area contributed by atoms with E-state index in [9.17, 15) is 7.38 Å². The normalized spacial score (nSPS) is 12.0. The zero-order valence-corrected chi connectivity index (χ0v) is 21.3. The molecule has 0 aromatic carbocycles. The third-order valence-corrected chi connectivity index (χ3v) is 7.39. The van der Waals surface area contributed by atoms with E-state index in [1.54, 1.807) is 0 Å². The van der Waals surface area contributed by atoms with Crippen molar-refractivity contribution >= 4 is 0 Å². The Morgan fingerprint density at radius 3 is 0.931 bits per heavy atom. The Labute approximate surface area is 187 Å². The monoisotopic (exact) mass is 452 g/mol. The van der Waals surface area contributed by atoms with Crippen molar-refractivity contribution in [2.45, 2.75) is 142 Å². The molecule has 0 saturated carbocycles. The van der Waals surface area contributed by atoms with Crippen LogP contribution in [0.4, 0.5) is 0 Å². The van der Waals surface area contributed by atoms with E-state index in [0.29, 0.717) is 13.2 Å². The average Bonchev–Trinajstić information content (AvgIpc) is 2.70. The van der Waals surface area contributed by atoms with E-state index in [1.807, 2.05) is 0 Å². The van der Waals surface area contributed by atoms with Crippen molar-refractivity contribution in [2.24, 2.45) is 0 Å². The summed E-state index contributed by atoms with van der Waals surface area (Å²) in [5, 5.41) is 0. The molecule has 0 unspecified atom stereocenters. The van der Waals surface area contributed by atoms with Gasteiger partial charge in [0.05, 0.1) is 0 Å². The fourth-order valence-electron chi connectivity index (χ4n) is 3.63. The smallest absolute Gasteiger partial charge is 0.0654 e. The van der Waals surface area contributed by atoms with Gasteiger partial charge in [0.1, 0.15) is 0 Å². The summed E-state index contributed by atoms with van der Waals surface area (Å²) in [6.07, 6.45) is 25.2. The first-order valence-electron chi connectivity index (χ1n) is 12.8. The van der Waals surface area contributed by atoms with Gasteiger partial charge in [-0.15, -0.1) is 0 Å².